The predicted octanol–water partition coefficient (Wildman–Crippen LogP) is 6.31. The van der Waals surface area contributed by atoms with E-state index >= 15 is 0 Å². The molecule has 3 aromatic rings. The van der Waals surface area contributed by atoms with Gasteiger partial charge in [0.05, 0.1) is 5.75 Å². The first-order valence-electron chi connectivity index (χ1n) is 11.6. The molecule has 0 saturated heterocycles. The van der Waals surface area contributed by atoms with Gasteiger partial charge in [-0.1, -0.05) is 89.4 Å². The van der Waals surface area contributed by atoms with Crippen LogP contribution >= 0.6 is 35.0 Å². The van der Waals surface area contributed by atoms with E-state index in [-0.39, 0.29) is 24.1 Å². The van der Waals surface area contributed by atoms with Crippen molar-refractivity contribution in [1.29, 1.82) is 0 Å². The van der Waals surface area contributed by atoms with Crippen molar-refractivity contribution in [3.05, 3.63) is 105 Å². The average Bonchev–Trinajstić information content (AvgIpc) is 2.85. The van der Waals surface area contributed by atoms with E-state index in [0.29, 0.717) is 34.3 Å². The summed E-state index contributed by atoms with van der Waals surface area (Å²) < 4.78 is 0. The van der Waals surface area contributed by atoms with Crippen molar-refractivity contribution < 1.29 is 9.59 Å². The molecule has 0 aliphatic heterocycles. The molecule has 0 aromatic heterocycles. The number of benzene rings is 3. The predicted molar refractivity (Wildman–Crippen MR) is 147 cm³/mol. The second-order valence-corrected chi connectivity index (χ2v) is 10.1. The number of nitrogens with zero attached hydrogens (tertiary/aromatic N) is 1. The molecular formula is C28H30Cl2N2O2S. The Balaban J connectivity index is 1.86. The Morgan fingerprint density at radius 3 is 2.20 bits per heavy atom. The minimum absolute atomic E-state index is 0.134. The monoisotopic (exact) mass is 528 g/mol. The lowest BCUT2D eigenvalue weighted by Gasteiger charge is -2.32. The first-order valence-corrected chi connectivity index (χ1v) is 13.5. The van der Waals surface area contributed by atoms with Crippen molar-refractivity contribution >= 4 is 46.8 Å². The molecule has 0 bridgehead atoms. The Morgan fingerprint density at radius 2 is 1.57 bits per heavy atom. The lowest BCUT2D eigenvalue weighted by atomic mass is 10.0. The average molecular weight is 530 g/mol. The summed E-state index contributed by atoms with van der Waals surface area (Å²) in [5.74, 6) is 0.611. The number of rotatable bonds is 11. The Bertz CT molecular complexity index is 1100. The van der Waals surface area contributed by atoms with Gasteiger partial charge in [-0.3, -0.25) is 9.59 Å². The molecule has 0 radical (unpaired) electrons. The normalized spacial score (nSPS) is 11.7. The van der Waals surface area contributed by atoms with Crippen molar-refractivity contribution in [3.63, 3.8) is 0 Å². The fourth-order valence-corrected chi connectivity index (χ4v) is 5.11. The van der Waals surface area contributed by atoms with Crippen LogP contribution in [0.5, 0.6) is 0 Å². The standard InChI is InChI=1S/C28H30Cl2N2O2S/c1-3-31-28(34)26(16-21-8-5-4-6-9-21)32(17-23-24(29)10-7-11-25(23)30)27(33)19-35-18-22-14-12-20(2)13-15-22/h4-15,26H,3,16-19H2,1-2H3,(H,31,34)/t26-/m1/s1. The van der Waals surface area contributed by atoms with Gasteiger partial charge in [0, 0.05) is 40.9 Å². The van der Waals surface area contributed by atoms with E-state index in [1.807, 2.05) is 44.2 Å². The molecule has 0 fully saturated rings. The summed E-state index contributed by atoms with van der Waals surface area (Å²) in [6, 6.07) is 22.5. The second-order valence-electron chi connectivity index (χ2n) is 8.30. The molecule has 0 aliphatic carbocycles. The van der Waals surface area contributed by atoms with E-state index in [1.54, 1.807) is 23.1 Å². The number of carbonyl (C=O) groups is 2. The van der Waals surface area contributed by atoms with Gasteiger partial charge in [0.1, 0.15) is 6.04 Å². The molecule has 0 aliphatic rings. The van der Waals surface area contributed by atoms with E-state index in [0.717, 1.165) is 11.1 Å². The number of halogens is 2. The highest BCUT2D eigenvalue weighted by Gasteiger charge is 2.31. The number of nitrogens with one attached hydrogen (secondary N) is 1. The maximum Gasteiger partial charge on any atom is 0.243 e. The topological polar surface area (TPSA) is 49.4 Å². The van der Waals surface area contributed by atoms with E-state index < -0.39 is 6.04 Å². The zero-order chi connectivity index (χ0) is 25.2. The van der Waals surface area contributed by atoms with Gasteiger partial charge in [0.25, 0.3) is 0 Å². The summed E-state index contributed by atoms with van der Waals surface area (Å²) in [5.41, 5.74) is 3.95. The second kappa shape index (κ2) is 13.6. The Hall–Kier alpha value is -2.47. The third kappa shape index (κ3) is 8.03. The van der Waals surface area contributed by atoms with Crippen molar-refractivity contribution in [2.75, 3.05) is 12.3 Å². The summed E-state index contributed by atoms with van der Waals surface area (Å²) in [4.78, 5) is 28.4. The molecule has 7 heteroatoms. The van der Waals surface area contributed by atoms with Crippen molar-refractivity contribution in [2.24, 2.45) is 0 Å². The molecule has 0 unspecified atom stereocenters. The van der Waals surface area contributed by atoms with Crippen LogP contribution in [0.2, 0.25) is 10.0 Å². The fourth-order valence-electron chi connectivity index (χ4n) is 3.72. The molecule has 3 rings (SSSR count). The molecular weight excluding hydrogens is 499 g/mol. The SMILES string of the molecule is CCNC(=O)[C@@H](Cc1ccccc1)N(Cc1c(Cl)cccc1Cl)C(=O)CSCc1ccc(C)cc1. The van der Waals surface area contributed by atoms with Crippen LogP contribution in [0.3, 0.4) is 0 Å². The zero-order valence-electron chi connectivity index (χ0n) is 20.0. The molecule has 4 nitrogen and oxygen atoms in total. The van der Waals surface area contributed by atoms with Crippen LogP contribution in [-0.2, 0) is 28.3 Å². The van der Waals surface area contributed by atoms with Gasteiger partial charge in [-0.25, -0.2) is 0 Å². The van der Waals surface area contributed by atoms with Gasteiger partial charge in [-0.2, -0.15) is 0 Å². The lowest BCUT2D eigenvalue weighted by Crippen LogP contribution is -2.51. The summed E-state index contributed by atoms with van der Waals surface area (Å²) in [6.07, 6.45) is 0.392. The largest absolute Gasteiger partial charge is 0.355 e. The molecule has 0 heterocycles. The highest BCUT2D eigenvalue weighted by molar-refractivity contribution is 7.99. The highest BCUT2D eigenvalue weighted by atomic mass is 35.5. The third-order valence-electron chi connectivity index (χ3n) is 5.63. The van der Waals surface area contributed by atoms with Gasteiger partial charge in [-0.15, -0.1) is 11.8 Å². The number of carbonyl (C=O) groups excluding carboxylic acids is 2. The molecule has 184 valence electrons. The van der Waals surface area contributed by atoms with Crippen LogP contribution in [0.25, 0.3) is 0 Å². The van der Waals surface area contributed by atoms with Crippen LogP contribution < -0.4 is 5.32 Å². The fraction of sp³-hybridized carbons (Fsp3) is 0.286. The van der Waals surface area contributed by atoms with Crippen molar-refractivity contribution in [3.8, 4) is 0 Å². The first-order chi connectivity index (χ1) is 16.9. The highest BCUT2D eigenvalue weighted by Crippen LogP contribution is 2.28. The van der Waals surface area contributed by atoms with E-state index in [1.165, 1.54) is 17.3 Å². The maximum atomic E-state index is 13.6. The number of hydrogen-bond donors (Lipinski definition) is 1. The van der Waals surface area contributed by atoms with Crippen molar-refractivity contribution in [1.82, 2.24) is 10.2 Å². The quantitative estimate of drug-likeness (QED) is 0.317. The number of likely N-dealkylation sites (N-methyl/N-ethyl adjacent to an activating group) is 1. The summed E-state index contributed by atoms with van der Waals surface area (Å²) in [7, 11) is 0. The third-order valence-corrected chi connectivity index (χ3v) is 7.32. The maximum absolute atomic E-state index is 13.6. The molecule has 3 aromatic carbocycles. The Kier molecular flexibility index (Phi) is 10.5. The molecule has 2 amide bonds. The summed E-state index contributed by atoms with van der Waals surface area (Å²) in [6.45, 7) is 4.54. The molecule has 1 N–H and O–H groups in total. The lowest BCUT2D eigenvalue weighted by molar-refractivity contribution is -0.139. The van der Waals surface area contributed by atoms with Crippen LogP contribution in [0.15, 0.2) is 72.8 Å². The van der Waals surface area contributed by atoms with E-state index in [9.17, 15) is 9.59 Å². The molecule has 1 atom stereocenters. The van der Waals surface area contributed by atoms with Crippen LogP contribution in [0.4, 0.5) is 0 Å². The van der Waals surface area contributed by atoms with Crippen LogP contribution in [0, 0.1) is 6.92 Å². The van der Waals surface area contributed by atoms with Crippen LogP contribution in [-0.4, -0.2) is 35.1 Å². The van der Waals surface area contributed by atoms with E-state index in [2.05, 4.69) is 29.6 Å². The van der Waals surface area contributed by atoms with Crippen molar-refractivity contribution in [2.45, 2.75) is 38.6 Å². The Morgan fingerprint density at radius 1 is 0.914 bits per heavy atom. The minimum Gasteiger partial charge on any atom is -0.355 e. The molecule has 35 heavy (non-hydrogen) atoms. The van der Waals surface area contributed by atoms with Gasteiger partial charge in [-0.05, 0) is 37.1 Å². The molecule has 0 spiro atoms. The first kappa shape index (κ1) is 27.1. The number of amides is 2. The van der Waals surface area contributed by atoms with Crippen LogP contribution in [0.1, 0.15) is 29.2 Å². The summed E-state index contributed by atoms with van der Waals surface area (Å²) >= 11 is 14.4. The Labute approximate surface area is 222 Å². The number of hydrogen-bond acceptors (Lipinski definition) is 3. The van der Waals surface area contributed by atoms with Gasteiger partial charge in [0.15, 0.2) is 0 Å². The molecule has 0 saturated carbocycles. The van der Waals surface area contributed by atoms with Gasteiger partial charge in [0.2, 0.25) is 11.8 Å². The summed E-state index contributed by atoms with van der Waals surface area (Å²) in [5, 5.41) is 3.84. The van der Waals surface area contributed by atoms with Gasteiger partial charge < -0.3 is 10.2 Å². The van der Waals surface area contributed by atoms with E-state index in [4.69, 9.17) is 23.2 Å². The minimum atomic E-state index is -0.697. The number of aryl methyl sites for hydroxylation is 1. The smallest absolute Gasteiger partial charge is 0.243 e. The van der Waals surface area contributed by atoms with Gasteiger partial charge >= 0.3 is 0 Å². The number of thioether (sulfide) groups is 1. The zero-order valence-corrected chi connectivity index (χ0v) is 22.3.